The number of fused-ring (bicyclic) bond motifs is 3. The Kier molecular flexibility index (Phi) is 4.93. The van der Waals surface area contributed by atoms with Crippen molar-refractivity contribution in [2.75, 3.05) is 19.6 Å². The van der Waals surface area contributed by atoms with Crippen molar-refractivity contribution in [2.45, 2.75) is 12.8 Å². The highest BCUT2D eigenvalue weighted by Gasteiger charge is 2.34. The Labute approximate surface area is 153 Å². The molecule has 0 radical (unpaired) electrons. The van der Waals surface area contributed by atoms with Gasteiger partial charge < -0.3 is 10.6 Å². The lowest BCUT2D eigenvalue weighted by atomic mass is 9.86. The number of Topliss-reactive ketones (excluding diaryl/α,β-unsaturated/α-hetero) is 1. The van der Waals surface area contributed by atoms with Gasteiger partial charge in [-0.05, 0) is 41.7 Å². The van der Waals surface area contributed by atoms with E-state index in [2.05, 4.69) is 22.8 Å². The van der Waals surface area contributed by atoms with E-state index in [9.17, 15) is 9.59 Å². The van der Waals surface area contributed by atoms with Gasteiger partial charge >= 0.3 is 0 Å². The molecule has 2 aromatic carbocycles. The Hall–Kier alpha value is -2.17. The van der Waals surface area contributed by atoms with Crippen LogP contribution in [0.2, 0.25) is 0 Å². The third-order valence-corrected chi connectivity index (χ3v) is 5.16. The van der Waals surface area contributed by atoms with Crippen molar-refractivity contribution in [2.24, 2.45) is 5.92 Å². The van der Waals surface area contributed by atoms with Crippen LogP contribution in [-0.2, 0) is 0 Å². The zero-order chi connectivity index (χ0) is 16.7. The van der Waals surface area contributed by atoms with E-state index in [1.165, 1.54) is 0 Å². The van der Waals surface area contributed by atoms with Crippen LogP contribution in [-0.4, -0.2) is 31.3 Å². The van der Waals surface area contributed by atoms with Crippen LogP contribution in [0.5, 0.6) is 0 Å². The average molecular weight is 357 g/mol. The molecule has 0 spiro atoms. The van der Waals surface area contributed by atoms with Crippen molar-refractivity contribution in [3.8, 4) is 11.1 Å². The molecule has 1 fully saturated rings. The predicted molar refractivity (Wildman–Crippen MR) is 101 cm³/mol. The highest BCUT2D eigenvalue weighted by atomic mass is 35.5. The first kappa shape index (κ1) is 17.6. The smallest absolute Gasteiger partial charge is 0.251 e. The lowest BCUT2D eigenvalue weighted by Crippen LogP contribution is -2.28. The lowest BCUT2D eigenvalue weighted by Gasteiger charge is -2.17. The summed E-state index contributed by atoms with van der Waals surface area (Å²) in [5, 5.41) is 6.47. The fraction of sp³-hybridized carbons (Fsp3) is 0.300. The molecule has 0 aromatic heterocycles. The van der Waals surface area contributed by atoms with E-state index in [0.717, 1.165) is 41.9 Å². The predicted octanol–water partition coefficient (Wildman–Crippen LogP) is 3.02. The number of halogens is 1. The van der Waals surface area contributed by atoms with Crippen LogP contribution < -0.4 is 10.6 Å². The minimum Gasteiger partial charge on any atom is -0.352 e. The van der Waals surface area contributed by atoms with Gasteiger partial charge in [0.2, 0.25) is 0 Å². The molecule has 25 heavy (non-hydrogen) atoms. The van der Waals surface area contributed by atoms with Crippen LogP contribution in [0.25, 0.3) is 11.1 Å². The summed E-state index contributed by atoms with van der Waals surface area (Å²) in [6.45, 7) is 4.16. The third-order valence-electron chi connectivity index (χ3n) is 5.16. The molecule has 2 heterocycles. The number of ketones is 1. The fourth-order valence-electron chi connectivity index (χ4n) is 3.80. The molecule has 2 aliphatic rings. The fourth-order valence-corrected chi connectivity index (χ4v) is 3.80. The first-order valence-corrected chi connectivity index (χ1v) is 8.38. The molecule has 2 aliphatic heterocycles. The number of amides is 1. The van der Waals surface area contributed by atoms with Gasteiger partial charge in [-0.3, -0.25) is 9.59 Å². The summed E-state index contributed by atoms with van der Waals surface area (Å²) in [5.41, 5.74) is 4.51. The summed E-state index contributed by atoms with van der Waals surface area (Å²) in [5.74, 6) is 0.895. The maximum atomic E-state index is 12.5. The van der Waals surface area contributed by atoms with E-state index in [0.29, 0.717) is 17.4 Å². The van der Waals surface area contributed by atoms with Gasteiger partial charge in [-0.15, -0.1) is 12.4 Å². The number of carbonyl (C=O) groups is 2. The third kappa shape index (κ3) is 3.20. The Morgan fingerprint density at radius 2 is 1.84 bits per heavy atom. The topological polar surface area (TPSA) is 58.2 Å². The minimum absolute atomic E-state index is 0. The van der Waals surface area contributed by atoms with Crippen molar-refractivity contribution in [1.82, 2.24) is 10.6 Å². The number of carbonyl (C=O) groups excluding carboxylic acids is 2. The van der Waals surface area contributed by atoms with Crippen molar-refractivity contribution in [3.05, 3.63) is 59.2 Å². The van der Waals surface area contributed by atoms with E-state index >= 15 is 0 Å². The van der Waals surface area contributed by atoms with Gasteiger partial charge in [0.25, 0.3) is 5.91 Å². The molecule has 1 amide bonds. The quantitative estimate of drug-likeness (QED) is 0.813. The minimum atomic E-state index is 0. The summed E-state index contributed by atoms with van der Waals surface area (Å²) in [7, 11) is 0. The second-order valence-electron chi connectivity index (χ2n) is 6.67. The monoisotopic (exact) mass is 356 g/mol. The molecule has 2 unspecified atom stereocenters. The van der Waals surface area contributed by atoms with Crippen molar-refractivity contribution in [1.29, 1.82) is 0 Å². The number of rotatable bonds is 2. The normalized spacial score (nSPS) is 21.4. The van der Waals surface area contributed by atoms with Crippen molar-refractivity contribution in [3.63, 3.8) is 0 Å². The van der Waals surface area contributed by atoms with Crippen LogP contribution in [0.4, 0.5) is 0 Å². The van der Waals surface area contributed by atoms with E-state index in [4.69, 9.17) is 0 Å². The molecule has 5 heteroatoms. The van der Waals surface area contributed by atoms with Gasteiger partial charge in [0, 0.05) is 36.7 Å². The molecule has 0 bridgehead atoms. The molecule has 130 valence electrons. The van der Waals surface area contributed by atoms with Gasteiger partial charge in [-0.2, -0.15) is 0 Å². The van der Waals surface area contributed by atoms with Gasteiger partial charge in [0.1, 0.15) is 0 Å². The summed E-state index contributed by atoms with van der Waals surface area (Å²) in [4.78, 5) is 24.1. The van der Waals surface area contributed by atoms with Crippen LogP contribution in [0.1, 0.15) is 39.1 Å². The molecular weight excluding hydrogens is 336 g/mol. The summed E-state index contributed by atoms with van der Waals surface area (Å²) in [6, 6.07) is 13.7. The molecule has 2 aromatic rings. The second kappa shape index (κ2) is 6.98. The van der Waals surface area contributed by atoms with Gasteiger partial charge in [0.15, 0.2) is 5.78 Å². The summed E-state index contributed by atoms with van der Waals surface area (Å²) in [6.07, 6.45) is 0. The first-order chi connectivity index (χ1) is 11.6. The number of hydrogen-bond donors (Lipinski definition) is 2. The van der Waals surface area contributed by atoms with Crippen LogP contribution >= 0.6 is 12.4 Å². The highest BCUT2D eigenvalue weighted by Crippen LogP contribution is 2.34. The van der Waals surface area contributed by atoms with Crippen LogP contribution in [0, 0.1) is 5.92 Å². The number of benzene rings is 2. The second-order valence-corrected chi connectivity index (χ2v) is 6.67. The Morgan fingerprint density at radius 1 is 1.04 bits per heavy atom. The molecule has 0 saturated carbocycles. The SMILES string of the molecule is CC(=O)c1cccc(-c2ccc3c(c2)C(=O)NCC2CNCC32)c1.Cl. The van der Waals surface area contributed by atoms with Gasteiger partial charge in [0.05, 0.1) is 0 Å². The Balaban J connectivity index is 0.00000182. The van der Waals surface area contributed by atoms with E-state index in [-0.39, 0.29) is 24.1 Å². The van der Waals surface area contributed by atoms with E-state index in [1.54, 1.807) is 6.92 Å². The molecular formula is C20H21ClN2O2. The van der Waals surface area contributed by atoms with E-state index < -0.39 is 0 Å². The molecule has 2 N–H and O–H groups in total. The van der Waals surface area contributed by atoms with Crippen LogP contribution in [0.3, 0.4) is 0 Å². The van der Waals surface area contributed by atoms with Crippen molar-refractivity contribution < 1.29 is 9.59 Å². The highest BCUT2D eigenvalue weighted by molar-refractivity contribution is 5.98. The molecule has 0 aliphatic carbocycles. The maximum Gasteiger partial charge on any atom is 0.251 e. The van der Waals surface area contributed by atoms with Crippen molar-refractivity contribution >= 4 is 24.1 Å². The largest absolute Gasteiger partial charge is 0.352 e. The Morgan fingerprint density at radius 3 is 2.64 bits per heavy atom. The zero-order valence-corrected chi connectivity index (χ0v) is 14.9. The first-order valence-electron chi connectivity index (χ1n) is 8.38. The van der Waals surface area contributed by atoms with Gasteiger partial charge in [-0.25, -0.2) is 0 Å². The van der Waals surface area contributed by atoms with Gasteiger partial charge in [-0.1, -0.05) is 30.3 Å². The van der Waals surface area contributed by atoms with E-state index in [1.807, 2.05) is 30.3 Å². The standard InChI is InChI=1S/C20H20N2O2.ClH/c1-12(23)13-3-2-4-14(7-13)15-5-6-17-18(8-15)20(24)22-10-16-9-21-11-19(16)17;/h2-8,16,19,21H,9-11H2,1H3,(H,22,24);1H. The molecule has 4 rings (SSSR count). The molecule has 1 saturated heterocycles. The lowest BCUT2D eigenvalue weighted by molar-refractivity contribution is 0.0951. The molecule has 4 nitrogen and oxygen atoms in total. The maximum absolute atomic E-state index is 12.5. The Bertz CT molecular complexity index is 834. The average Bonchev–Trinajstić information content (AvgIpc) is 3.03. The zero-order valence-electron chi connectivity index (χ0n) is 14.0. The number of nitrogens with one attached hydrogen (secondary N) is 2. The summed E-state index contributed by atoms with van der Waals surface area (Å²) < 4.78 is 0. The molecule has 2 atom stereocenters. The summed E-state index contributed by atoms with van der Waals surface area (Å²) >= 11 is 0. The number of hydrogen-bond acceptors (Lipinski definition) is 3. The van der Waals surface area contributed by atoms with Crippen LogP contribution in [0.15, 0.2) is 42.5 Å².